The van der Waals surface area contributed by atoms with E-state index in [2.05, 4.69) is 59.5 Å². The molecule has 0 N–H and O–H groups in total. The molecule has 0 aliphatic carbocycles. The number of aromatic nitrogens is 4. The summed E-state index contributed by atoms with van der Waals surface area (Å²) in [5.41, 5.74) is 7.11. The summed E-state index contributed by atoms with van der Waals surface area (Å²) in [6.45, 7) is 4.59. The highest BCUT2D eigenvalue weighted by Gasteiger charge is 2.26. The Balaban J connectivity index is 1.79. The molecule has 0 radical (unpaired) electrons. The molecule has 0 spiro atoms. The molecular formula is C20H16N4O. The fourth-order valence-electron chi connectivity index (χ4n) is 3.52. The second-order valence-electron chi connectivity index (χ2n) is 6.45. The van der Waals surface area contributed by atoms with Gasteiger partial charge in [-0.1, -0.05) is 23.4 Å². The zero-order chi connectivity index (χ0) is 17.0. The predicted molar refractivity (Wildman–Crippen MR) is 95.9 cm³/mol. The van der Waals surface area contributed by atoms with E-state index in [1.54, 1.807) is 6.20 Å². The molecule has 0 amide bonds. The van der Waals surface area contributed by atoms with E-state index in [-0.39, 0.29) is 0 Å². The van der Waals surface area contributed by atoms with Gasteiger partial charge in [-0.15, -0.1) is 5.10 Å². The SMILES string of the molecule is Cc1cc(C)cc(-n2nnc3c2-c2ccc4cccnc4c2OC3)c1. The van der Waals surface area contributed by atoms with E-state index in [9.17, 15) is 0 Å². The molecule has 5 rings (SSSR count). The Hall–Kier alpha value is -3.21. The second-order valence-corrected chi connectivity index (χ2v) is 6.45. The largest absolute Gasteiger partial charge is 0.484 e. The molecule has 3 heterocycles. The quantitative estimate of drug-likeness (QED) is 0.530. The van der Waals surface area contributed by atoms with Crippen molar-refractivity contribution >= 4 is 10.9 Å². The van der Waals surface area contributed by atoms with Gasteiger partial charge < -0.3 is 4.74 Å². The van der Waals surface area contributed by atoms with Crippen LogP contribution < -0.4 is 4.74 Å². The van der Waals surface area contributed by atoms with E-state index in [4.69, 9.17) is 4.74 Å². The second kappa shape index (κ2) is 5.14. The van der Waals surface area contributed by atoms with Gasteiger partial charge in [-0.2, -0.15) is 0 Å². The van der Waals surface area contributed by atoms with E-state index in [1.165, 1.54) is 11.1 Å². The number of fused-ring (bicyclic) bond motifs is 5. The topological polar surface area (TPSA) is 52.8 Å². The van der Waals surface area contributed by atoms with Crippen molar-refractivity contribution in [2.75, 3.05) is 0 Å². The maximum atomic E-state index is 5.98. The minimum Gasteiger partial charge on any atom is -0.484 e. The van der Waals surface area contributed by atoms with Crippen molar-refractivity contribution in [2.24, 2.45) is 0 Å². The van der Waals surface area contributed by atoms with E-state index in [0.29, 0.717) is 6.61 Å². The molecule has 1 aliphatic heterocycles. The molecule has 5 nitrogen and oxygen atoms in total. The Morgan fingerprint density at radius 1 is 1.04 bits per heavy atom. The Morgan fingerprint density at radius 2 is 1.88 bits per heavy atom. The average molecular weight is 328 g/mol. The summed E-state index contributed by atoms with van der Waals surface area (Å²) in [6, 6.07) is 14.5. The van der Waals surface area contributed by atoms with Crippen LogP contribution in [0.4, 0.5) is 0 Å². The number of benzene rings is 2. The van der Waals surface area contributed by atoms with Crippen LogP contribution in [0, 0.1) is 13.8 Å². The lowest BCUT2D eigenvalue weighted by Gasteiger charge is -2.19. The molecule has 0 bridgehead atoms. The van der Waals surface area contributed by atoms with Crippen LogP contribution in [-0.2, 0) is 6.61 Å². The first-order valence-corrected chi connectivity index (χ1v) is 8.25. The van der Waals surface area contributed by atoms with Gasteiger partial charge in [0.2, 0.25) is 0 Å². The van der Waals surface area contributed by atoms with Gasteiger partial charge in [-0.3, -0.25) is 4.98 Å². The summed E-state index contributed by atoms with van der Waals surface area (Å²) in [5.74, 6) is 0.804. The first-order valence-electron chi connectivity index (χ1n) is 8.25. The lowest BCUT2D eigenvalue weighted by atomic mass is 10.0. The maximum Gasteiger partial charge on any atom is 0.155 e. The van der Waals surface area contributed by atoms with Crippen molar-refractivity contribution in [2.45, 2.75) is 20.5 Å². The Morgan fingerprint density at radius 3 is 2.72 bits per heavy atom. The van der Waals surface area contributed by atoms with Crippen LogP contribution in [0.2, 0.25) is 0 Å². The summed E-state index contributed by atoms with van der Waals surface area (Å²) >= 11 is 0. The van der Waals surface area contributed by atoms with Crippen LogP contribution in [0.25, 0.3) is 27.8 Å². The van der Waals surface area contributed by atoms with Gasteiger partial charge in [-0.25, -0.2) is 4.68 Å². The van der Waals surface area contributed by atoms with Gasteiger partial charge in [0.25, 0.3) is 0 Å². The minimum atomic E-state index is 0.406. The number of hydrogen-bond acceptors (Lipinski definition) is 4. The third-order valence-corrected chi connectivity index (χ3v) is 4.53. The van der Waals surface area contributed by atoms with Gasteiger partial charge in [0.05, 0.1) is 5.69 Å². The van der Waals surface area contributed by atoms with Gasteiger partial charge in [0.15, 0.2) is 5.75 Å². The van der Waals surface area contributed by atoms with Gasteiger partial charge in [0.1, 0.15) is 23.5 Å². The minimum absolute atomic E-state index is 0.406. The number of rotatable bonds is 1. The van der Waals surface area contributed by atoms with Gasteiger partial charge in [0, 0.05) is 17.1 Å². The molecule has 2 aromatic heterocycles. The monoisotopic (exact) mass is 328 g/mol. The van der Waals surface area contributed by atoms with Gasteiger partial charge in [-0.05, 0) is 49.2 Å². The van der Waals surface area contributed by atoms with Crippen molar-refractivity contribution in [1.29, 1.82) is 0 Å². The molecule has 25 heavy (non-hydrogen) atoms. The van der Waals surface area contributed by atoms with E-state index in [1.807, 2.05) is 16.8 Å². The number of hydrogen-bond donors (Lipinski definition) is 0. The normalized spacial score (nSPS) is 12.6. The van der Waals surface area contributed by atoms with Crippen LogP contribution in [-0.4, -0.2) is 20.0 Å². The van der Waals surface area contributed by atoms with Crippen molar-refractivity contribution in [3.05, 3.63) is 65.5 Å². The fraction of sp³-hybridized carbons (Fsp3) is 0.150. The van der Waals surface area contributed by atoms with Crippen LogP contribution in [0.1, 0.15) is 16.8 Å². The molecule has 1 aliphatic rings. The third kappa shape index (κ3) is 2.12. The Labute approximate surface area is 144 Å². The summed E-state index contributed by atoms with van der Waals surface area (Å²) in [4.78, 5) is 4.51. The molecule has 0 unspecified atom stereocenters. The molecule has 0 atom stereocenters. The zero-order valence-corrected chi connectivity index (χ0v) is 14.0. The first-order chi connectivity index (χ1) is 12.2. The Kier molecular flexibility index (Phi) is 2.91. The maximum absolute atomic E-state index is 5.98. The highest BCUT2D eigenvalue weighted by Crippen LogP contribution is 2.41. The van der Waals surface area contributed by atoms with Crippen LogP contribution in [0.15, 0.2) is 48.7 Å². The lowest BCUT2D eigenvalue weighted by Crippen LogP contribution is -2.09. The molecule has 2 aromatic carbocycles. The molecular weight excluding hydrogens is 312 g/mol. The van der Waals surface area contributed by atoms with Crippen LogP contribution in [0.5, 0.6) is 5.75 Å². The lowest BCUT2D eigenvalue weighted by molar-refractivity contribution is 0.300. The summed E-state index contributed by atoms with van der Waals surface area (Å²) in [7, 11) is 0. The average Bonchev–Trinajstić information content (AvgIpc) is 3.05. The van der Waals surface area contributed by atoms with Crippen molar-refractivity contribution in [3.8, 4) is 22.7 Å². The molecule has 4 aromatic rings. The van der Waals surface area contributed by atoms with Crippen LogP contribution >= 0.6 is 0 Å². The number of pyridine rings is 1. The highest BCUT2D eigenvalue weighted by atomic mass is 16.5. The van der Waals surface area contributed by atoms with E-state index < -0.39 is 0 Å². The fourth-order valence-corrected chi connectivity index (χ4v) is 3.52. The summed E-state index contributed by atoms with van der Waals surface area (Å²) in [6.07, 6.45) is 1.79. The number of nitrogens with zero attached hydrogens (tertiary/aromatic N) is 4. The molecule has 122 valence electrons. The van der Waals surface area contributed by atoms with E-state index >= 15 is 0 Å². The third-order valence-electron chi connectivity index (χ3n) is 4.53. The first kappa shape index (κ1) is 14.2. The van der Waals surface area contributed by atoms with Crippen molar-refractivity contribution in [1.82, 2.24) is 20.0 Å². The standard InChI is InChI=1S/C20H16N4O/c1-12-8-13(2)10-15(9-12)24-19-16-6-5-14-4-3-7-21-18(14)20(16)25-11-17(19)22-23-24/h3-10H,11H2,1-2H3. The van der Waals surface area contributed by atoms with Gasteiger partial charge >= 0.3 is 0 Å². The predicted octanol–water partition coefficient (Wildman–Crippen LogP) is 3.99. The Bertz CT molecular complexity index is 1110. The van der Waals surface area contributed by atoms with Crippen molar-refractivity contribution < 1.29 is 4.74 Å². The summed E-state index contributed by atoms with van der Waals surface area (Å²) < 4.78 is 7.89. The van der Waals surface area contributed by atoms with Crippen LogP contribution in [0.3, 0.4) is 0 Å². The smallest absolute Gasteiger partial charge is 0.155 e. The summed E-state index contributed by atoms with van der Waals surface area (Å²) in [5, 5.41) is 9.80. The van der Waals surface area contributed by atoms with E-state index in [0.717, 1.165) is 39.3 Å². The zero-order valence-electron chi connectivity index (χ0n) is 14.0. The molecule has 0 saturated heterocycles. The highest BCUT2D eigenvalue weighted by molar-refractivity contribution is 5.92. The molecule has 5 heteroatoms. The molecule has 0 fully saturated rings. The number of ether oxygens (including phenoxy) is 1. The molecule has 0 saturated carbocycles. The van der Waals surface area contributed by atoms with Crippen molar-refractivity contribution in [3.63, 3.8) is 0 Å². The number of aryl methyl sites for hydroxylation is 2.